The molecule has 3 aliphatic heterocycles. The first-order valence-electron chi connectivity index (χ1n) is 31.4. The van der Waals surface area contributed by atoms with Crippen molar-refractivity contribution in [1.82, 2.24) is 46.2 Å². The van der Waals surface area contributed by atoms with Gasteiger partial charge in [0.15, 0.2) is 0 Å². The molecule has 2 amide bonds. The molecule has 0 aliphatic carbocycles. The predicted molar refractivity (Wildman–Crippen MR) is 371 cm³/mol. The minimum Gasteiger partial charge on any atom is -0.462 e. The Labute approximate surface area is 552 Å². The number of hydrogen-bond donors (Lipinski definition) is 15. The summed E-state index contributed by atoms with van der Waals surface area (Å²) in [6.07, 6.45) is 11.1. The maximum absolute atomic E-state index is 12.1. The third-order valence-electron chi connectivity index (χ3n) is 12.8. The molecule has 91 heavy (non-hydrogen) atoms. The molecule has 3 heterocycles. The van der Waals surface area contributed by atoms with Crippen LogP contribution in [0.25, 0.3) is 0 Å². The quantitative estimate of drug-likeness (QED) is 0.0115. The van der Waals surface area contributed by atoms with Gasteiger partial charge in [-0.05, 0) is 122 Å². The summed E-state index contributed by atoms with van der Waals surface area (Å²) in [7, 11) is 5.49. The summed E-state index contributed by atoms with van der Waals surface area (Å²) in [5.41, 5.74) is 25.8. The fraction of sp³-hybridized carbons (Fsp3) is 0.694. The minimum atomic E-state index is -0.859. The predicted octanol–water partition coefficient (Wildman–Crippen LogP) is -1.69. The van der Waals surface area contributed by atoms with E-state index in [0.29, 0.717) is 51.3 Å². The topological polar surface area (TPSA) is 417 Å². The normalized spacial score (nSPS) is 13.6. The SMILES string of the molecule is C1CNCCN1.C=CC(=O)NCCSSCCNC(=O)C=C.C=CC(=O)OCC(CC)(COC(=O)C=C)COC(=O)c1ccccc1.CN1CCN(CCCN)CC1.NC(CO)CO.NCCCN1CCCC1.NCCCNCCO.NCCN(CCO)CCO. The van der Waals surface area contributed by atoms with Gasteiger partial charge in [0.25, 0.3) is 0 Å². The van der Waals surface area contributed by atoms with Crippen molar-refractivity contribution in [3.63, 3.8) is 0 Å². The van der Waals surface area contributed by atoms with Crippen LogP contribution in [0.1, 0.15) is 55.8 Å². The number of likely N-dealkylation sites (tertiary alicyclic amines) is 1. The Kier molecular flexibility index (Phi) is 72.9. The number of hydrogen-bond acceptors (Lipinski definition) is 27. The molecule has 20 N–H and O–H groups in total. The summed E-state index contributed by atoms with van der Waals surface area (Å²) in [6.45, 7) is 37.3. The highest BCUT2D eigenvalue weighted by Gasteiger charge is 2.34. The van der Waals surface area contributed by atoms with E-state index < -0.39 is 29.4 Å². The first kappa shape index (κ1) is 93.0. The zero-order valence-corrected chi connectivity index (χ0v) is 56.8. The third-order valence-corrected chi connectivity index (χ3v) is 15.2. The molecule has 1 aromatic carbocycles. The molecule has 0 spiro atoms. The van der Waals surface area contributed by atoms with Crippen LogP contribution >= 0.6 is 21.6 Å². The Bertz CT molecular complexity index is 1790. The highest BCUT2D eigenvalue weighted by atomic mass is 33.1. The second-order valence-corrected chi connectivity index (χ2v) is 23.1. The van der Waals surface area contributed by atoms with Crippen molar-refractivity contribution >= 4 is 51.3 Å². The second kappa shape index (κ2) is 71.4. The number of nitrogens with zero attached hydrogens (tertiary/aromatic N) is 4. The average Bonchev–Trinajstić information content (AvgIpc) is 2.87. The molecule has 0 atom stereocenters. The van der Waals surface area contributed by atoms with Crippen molar-refractivity contribution in [3.8, 4) is 0 Å². The van der Waals surface area contributed by atoms with Gasteiger partial charge in [-0.2, -0.15) is 0 Å². The number of rotatable bonds is 38. The van der Waals surface area contributed by atoms with Crippen molar-refractivity contribution in [2.45, 2.75) is 51.5 Å². The monoisotopic (exact) mass is 1330 g/mol. The Hall–Kier alpha value is -4.45. The molecule has 0 bridgehead atoms. The van der Waals surface area contributed by atoms with Gasteiger partial charge in [0.2, 0.25) is 11.8 Å². The lowest BCUT2D eigenvalue weighted by molar-refractivity contribution is -0.150. The summed E-state index contributed by atoms with van der Waals surface area (Å²) in [6, 6.07) is 8.04. The number of benzene rings is 1. The van der Waals surface area contributed by atoms with Crippen molar-refractivity contribution < 1.29 is 63.7 Å². The summed E-state index contributed by atoms with van der Waals surface area (Å²) in [4.78, 5) is 65.6. The van der Waals surface area contributed by atoms with Crippen LogP contribution in [-0.4, -0.2) is 303 Å². The van der Waals surface area contributed by atoms with E-state index in [0.717, 1.165) is 95.4 Å². The van der Waals surface area contributed by atoms with Crippen molar-refractivity contribution in [2.75, 3.05) is 222 Å². The van der Waals surface area contributed by atoms with E-state index in [9.17, 15) is 24.0 Å². The van der Waals surface area contributed by atoms with Gasteiger partial charge < -0.3 is 110 Å². The number of carbonyl (C=O) groups excluding carboxylic acids is 5. The first-order valence-corrected chi connectivity index (χ1v) is 33.9. The van der Waals surface area contributed by atoms with E-state index in [-0.39, 0.29) is 64.7 Å². The van der Waals surface area contributed by atoms with Gasteiger partial charge >= 0.3 is 17.9 Å². The fourth-order valence-electron chi connectivity index (χ4n) is 7.17. The maximum atomic E-state index is 12.1. The van der Waals surface area contributed by atoms with Gasteiger partial charge in [-0.15, -0.1) is 0 Å². The molecule has 1 aromatic rings. The van der Waals surface area contributed by atoms with Crippen LogP contribution in [0.4, 0.5) is 0 Å². The Morgan fingerprint density at radius 3 is 1.43 bits per heavy atom. The van der Waals surface area contributed by atoms with Crippen LogP contribution in [0.2, 0.25) is 0 Å². The molecule has 3 saturated heterocycles. The summed E-state index contributed by atoms with van der Waals surface area (Å²) in [5, 5.41) is 56.2. The van der Waals surface area contributed by atoms with Crippen LogP contribution in [0.3, 0.4) is 0 Å². The minimum absolute atomic E-state index is 0.0773. The number of likely N-dealkylation sites (N-methyl/N-ethyl adjacent to an activating group) is 1. The maximum Gasteiger partial charge on any atom is 0.338 e. The van der Waals surface area contributed by atoms with Gasteiger partial charge in [-0.3, -0.25) is 14.5 Å². The van der Waals surface area contributed by atoms with Crippen LogP contribution in [0.15, 0.2) is 81.0 Å². The highest BCUT2D eigenvalue weighted by molar-refractivity contribution is 8.76. The van der Waals surface area contributed by atoms with E-state index in [1.165, 1.54) is 83.8 Å². The molecule has 29 heteroatoms. The van der Waals surface area contributed by atoms with E-state index in [1.54, 1.807) is 51.9 Å². The summed E-state index contributed by atoms with van der Waals surface area (Å²) >= 11 is 0. The molecule has 0 aromatic heterocycles. The number of carbonyl (C=O) groups is 5. The lowest BCUT2D eigenvalue weighted by Gasteiger charge is -2.32. The first-order chi connectivity index (χ1) is 44.0. The zero-order valence-electron chi connectivity index (χ0n) is 55.2. The van der Waals surface area contributed by atoms with Crippen molar-refractivity contribution in [2.24, 2.45) is 34.1 Å². The van der Waals surface area contributed by atoms with Crippen molar-refractivity contribution in [3.05, 3.63) is 86.5 Å². The fourth-order valence-corrected chi connectivity index (χ4v) is 8.98. The summed E-state index contributed by atoms with van der Waals surface area (Å²) < 4.78 is 15.5. The van der Waals surface area contributed by atoms with Crippen LogP contribution in [-0.2, 0) is 33.4 Å². The highest BCUT2D eigenvalue weighted by Crippen LogP contribution is 2.25. The number of nitrogens with one attached hydrogen (secondary N) is 5. The number of nitrogens with two attached hydrogens (primary N) is 5. The number of ether oxygens (including phenoxy) is 3. The largest absolute Gasteiger partial charge is 0.462 e. The van der Waals surface area contributed by atoms with Gasteiger partial charge in [-0.25, -0.2) is 14.4 Å². The van der Waals surface area contributed by atoms with E-state index in [2.05, 4.69) is 74.6 Å². The molecule has 530 valence electrons. The number of esters is 3. The average molecular weight is 1340 g/mol. The standard InChI is InChI=1S/C19H22O6.C10H16N2O2S2.C8H19N3.C7H16N2.C6H16N2O2.C5H14N2O.C4H10N2.C3H9NO2/c1-4-16(20)23-12-19(6-3,13-24-17(21)5-2)14-25-18(22)15-10-8-7-9-11-15;1-3-9(13)11-5-7-15-16-8-6-12-10(14)4-2;1-10-5-7-11(8-6-10)4-2-3-9;8-4-3-7-9-5-1-2-6-9;7-1-2-8(3-5-9)4-6-10;6-2-1-3-7-4-5-8;1-2-6-4-3-5-1;4-3(1-5)2-6/h4-5,7-11H,1-2,6,12-14H2,3H3;3-4H,1-2,5-8H2,(H,11,13)(H,12,14);2-9H2,1H3;1-8H2;9-10H,1-7H2;7-8H,1-6H2;5-6H,1-4H2;3,5-6H,1-2,4H2. The van der Waals surface area contributed by atoms with Crippen LogP contribution < -0.4 is 55.3 Å². The molecule has 4 rings (SSSR count). The number of aliphatic hydroxyl groups excluding tert-OH is 5. The second-order valence-electron chi connectivity index (χ2n) is 20.4. The molecular formula is C62H122N14O13S2. The van der Waals surface area contributed by atoms with Gasteiger partial charge in [0.05, 0.1) is 50.1 Å². The molecule has 27 nitrogen and oxygen atoms in total. The molecular weight excluding hydrogens is 1210 g/mol. The smallest absolute Gasteiger partial charge is 0.338 e. The molecule has 0 radical (unpaired) electrons. The van der Waals surface area contributed by atoms with Crippen LogP contribution in [0.5, 0.6) is 0 Å². The van der Waals surface area contributed by atoms with E-state index in [4.69, 9.17) is 68.4 Å². The number of piperazine rings is 2. The summed E-state index contributed by atoms with van der Waals surface area (Å²) in [5.74, 6) is -0.361. The molecule has 0 saturated carbocycles. The van der Waals surface area contributed by atoms with E-state index >= 15 is 0 Å². The lowest BCUT2D eigenvalue weighted by atomic mass is 9.88. The Morgan fingerprint density at radius 2 is 1.07 bits per heavy atom. The molecule has 0 unspecified atom stereocenters. The molecule has 3 fully saturated rings. The Balaban J connectivity index is -0.000000501. The number of amides is 2. The third kappa shape index (κ3) is 64.1. The van der Waals surface area contributed by atoms with E-state index in [1.807, 2.05) is 11.8 Å². The number of aliphatic hydroxyl groups is 5. The van der Waals surface area contributed by atoms with Crippen molar-refractivity contribution in [1.29, 1.82) is 0 Å². The zero-order chi connectivity index (χ0) is 68.9. The van der Waals surface area contributed by atoms with Gasteiger partial charge in [0.1, 0.15) is 19.8 Å². The van der Waals surface area contributed by atoms with Crippen LogP contribution in [0, 0.1) is 5.41 Å². The van der Waals surface area contributed by atoms with Gasteiger partial charge in [0, 0.05) is 122 Å². The molecule has 3 aliphatic rings. The Morgan fingerprint density at radius 1 is 0.615 bits per heavy atom. The lowest BCUT2D eigenvalue weighted by Crippen LogP contribution is -2.44. The van der Waals surface area contributed by atoms with Gasteiger partial charge in [-0.1, -0.05) is 73.0 Å².